The molecule has 6 nitrogen and oxygen atoms in total. The molecule has 0 fully saturated rings. The van der Waals surface area contributed by atoms with Gasteiger partial charge in [0.15, 0.2) is 0 Å². The Hall–Kier alpha value is -10.3. The molecule has 73 heavy (non-hydrogen) atoms. The lowest BCUT2D eigenvalue weighted by Gasteiger charge is -2.21. The van der Waals surface area contributed by atoms with E-state index >= 15 is 0 Å². The number of nitrogens with zero attached hydrogens (tertiary/aromatic N) is 6. The van der Waals surface area contributed by atoms with Crippen LogP contribution in [0.3, 0.4) is 0 Å². The maximum absolute atomic E-state index is 10.5. The van der Waals surface area contributed by atoms with Gasteiger partial charge in [0, 0.05) is 77.8 Å². The Bertz CT molecular complexity index is 4450. The molecule has 0 aliphatic heterocycles. The van der Waals surface area contributed by atoms with Gasteiger partial charge in [-0.25, -0.2) is 0 Å². The molecule has 14 aromatic rings. The Morgan fingerprint density at radius 3 is 1.00 bits per heavy atom. The zero-order valence-corrected chi connectivity index (χ0v) is 39.3. The van der Waals surface area contributed by atoms with E-state index in [1.54, 1.807) is 6.07 Å². The molecular weight excluding hydrogens is 889 g/mol. The summed E-state index contributed by atoms with van der Waals surface area (Å²) in [5.74, 6) is 0. The Morgan fingerprint density at radius 1 is 0.301 bits per heavy atom. The van der Waals surface area contributed by atoms with Gasteiger partial charge >= 0.3 is 0 Å². The van der Waals surface area contributed by atoms with Crippen LogP contribution in [0, 0.1) is 22.7 Å². The van der Waals surface area contributed by atoms with Crippen molar-refractivity contribution in [3.05, 3.63) is 254 Å². The molecule has 0 spiro atoms. The second-order valence-electron chi connectivity index (χ2n) is 18.5. The SMILES string of the molecule is N#Cc1ccc(-c2c(-c3ccc(-n4c5ccccc5c5ccccc54)cc3)cnc(-c3ccc(-n4c5ccccc5c5ccccc54)cc3)c2-c2ccc(-n3c4ccccc4c4ccccc43)cc2)cc1C#N. The smallest absolute Gasteiger partial charge is 0.101 e. The number of rotatable bonds is 7. The third-order valence-corrected chi connectivity index (χ3v) is 14.6. The summed E-state index contributed by atoms with van der Waals surface area (Å²) in [4.78, 5) is 5.43. The number of hydrogen-bond acceptors (Lipinski definition) is 3. The Morgan fingerprint density at radius 2 is 0.630 bits per heavy atom. The van der Waals surface area contributed by atoms with E-state index in [2.05, 4.69) is 244 Å². The molecule has 0 bridgehead atoms. The van der Waals surface area contributed by atoms with Crippen LogP contribution in [0.4, 0.5) is 0 Å². The molecule has 0 saturated heterocycles. The van der Waals surface area contributed by atoms with E-state index in [0.717, 1.165) is 94.8 Å². The summed E-state index contributed by atoms with van der Waals surface area (Å²) >= 11 is 0. The van der Waals surface area contributed by atoms with Gasteiger partial charge in [-0.05, 0) is 102 Å². The first kappa shape index (κ1) is 41.7. The monoisotopic (exact) mass is 928 g/mol. The highest BCUT2D eigenvalue weighted by atomic mass is 15.0. The van der Waals surface area contributed by atoms with E-state index < -0.39 is 0 Å². The second kappa shape index (κ2) is 16.7. The van der Waals surface area contributed by atoms with Gasteiger partial charge in [-0.15, -0.1) is 0 Å². The number of pyridine rings is 1. The van der Waals surface area contributed by atoms with E-state index in [0.29, 0.717) is 11.1 Å². The minimum atomic E-state index is 0.314. The van der Waals surface area contributed by atoms with Gasteiger partial charge in [-0.1, -0.05) is 152 Å². The maximum Gasteiger partial charge on any atom is 0.101 e. The molecule has 0 unspecified atom stereocenters. The molecule has 0 amide bonds. The number of aromatic nitrogens is 4. The van der Waals surface area contributed by atoms with Crippen molar-refractivity contribution < 1.29 is 0 Å². The van der Waals surface area contributed by atoms with E-state index in [4.69, 9.17) is 4.98 Å². The van der Waals surface area contributed by atoms with Gasteiger partial charge in [0.05, 0.1) is 49.9 Å². The van der Waals surface area contributed by atoms with Gasteiger partial charge < -0.3 is 13.7 Å². The third kappa shape index (κ3) is 6.52. The molecule has 0 N–H and O–H groups in total. The molecule has 10 aromatic carbocycles. The van der Waals surface area contributed by atoms with Gasteiger partial charge in [0.2, 0.25) is 0 Å². The van der Waals surface area contributed by atoms with Crippen LogP contribution in [0.5, 0.6) is 0 Å². The van der Waals surface area contributed by atoms with Gasteiger partial charge in [0.1, 0.15) is 12.1 Å². The lowest BCUT2D eigenvalue weighted by molar-refractivity contribution is 1.18. The first-order chi connectivity index (χ1) is 36.1. The fraction of sp³-hybridized carbons (Fsp3) is 0. The fourth-order valence-electron chi connectivity index (χ4n) is 11.4. The largest absolute Gasteiger partial charge is 0.309 e. The van der Waals surface area contributed by atoms with E-state index in [1.165, 1.54) is 32.3 Å². The number of para-hydroxylation sites is 6. The van der Waals surface area contributed by atoms with Gasteiger partial charge in [0.25, 0.3) is 0 Å². The summed E-state index contributed by atoms with van der Waals surface area (Å²) in [6, 6.07) is 87.7. The predicted molar refractivity (Wildman–Crippen MR) is 298 cm³/mol. The Balaban J connectivity index is 0.996. The highest BCUT2D eigenvalue weighted by Crippen LogP contribution is 2.46. The Labute approximate surface area is 420 Å². The third-order valence-electron chi connectivity index (χ3n) is 14.6. The van der Waals surface area contributed by atoms with Crippen molar-refractivity contribution in [1.82, 2.24) is 18.7 Å². The van der Waals surface area contributed by atoms with Crippen LogP contribution in [0.1, 0.15) is 11.1 Å². The summed E-state index contributed by atoms with van der Waals surface area (Å²) in [5, 5.41) is 27.8. The Kier molecular flexibility index (Phi) is 9.54. The average Bonchev–Trinajstić information content (AvgIpc) is 4.11. The number of hydrogen-bond donors (Lipinski definition) is 0. The minimum absolute atomic E-state index is 0.314. The minimum Gasteiger partial charge on any atom is -0.309 e. The molecule has 14 rings (SSSR count). The summed E-state index contributed by atoms with van der Waals surface area (Å²) in [7, 11) is 0. The number of nitriles is 2. The molecule has 338 valence electrons. The first-order valence-electron chi connectivity index (χ1n) is 24.4. The quantitative estimate of drug-likeness (QED) is 0.160. The highest BCUT2D eigenvalue weighted by Gasteiger charge is 2.23. The van der Waals surface area contributed by atoms with E-state index in [9.17, 15) is 10.5 Å². The van der Waals surface area contributed by atoms with E-state index in [-0.39, 0.29) is 0 Å². The fourth-order valence-corrected chi connectivity index (χ4v) is 11.4. The van der Waals surface area contributed by atoms with Crippen molar-refractivity contribution in [3.63, 3.8) is 0 Å². The molecule has 0 aliphatic carbocycles. The van der Waals surface area contributed by atoms with Crippen molar-refractivity contribution >= 4 is 65.4 Å². The van der Waals surface area contributed by atoms with Gasteiger partial charge in [-0.2, -0.15) is 10.5 Å². The average molecular weight is 929 g/mol. The molecule has 0 aliphatic rings. The zero-order valence-electron chi connectivity index (χ0n) is 39.3. The maximum atomic E-state index is 10.5. The van der Waals surface area contributed by atoms with Crippen LogP contribution in [-0.4, -0.2) is 18.7 Å². The summed E-state index contributed by atoms with van der Waals surface area (Å²) in [6.45, 7) is 0. The van der Waals surface area contributed by atoms with Crippen LogP contribution < -0.4 is 0 Å². The molecular formula is C67H40N6. The van der Waals surface area contributed by atoms with Crippen LogP contribution in [-0.2, 0) is 0 Å². The van der Waals surface area contributed by atoms with E-state index in [1.807, 2.05) is 18.3 Å². The molecule has 6 heteroatoms. The van der Waals surface area contributed by atoms with Crippen LogP contribution in [0.15, 0.2) is 243 Å². The molecule has 0 radical (unpaired) electrons. The standard InChI is InChI=1S/C67H40N6/c68-40-47-26-25-46(39-48(47)41-69)65-58(43-27-33-49(34-28-43)71-59-19-7-1-13-52(59)53-14-2-8-20-60(53)71)42-70-67(45-31-37-51(38-32-45)73-63-23-11-5-17-56(63)57-18-6-12-24-64(57)73)66(65)44-29-35-50(36-30-44)72-61-21-9-3-15-54(61)55-16-4-10-22-62(55)72/h1-39,42H. The van der Waals surface area contributed by atoms with Crippen molar-refractivity contribution in [2.75, 3.05) is 0 Å². The van der Waals surface area contributed by atoms with Crippen LogP contribution >= 0.6 is 0 Å². The number of fused-ring (bicyclic) bond motifs is 9. The molecule has 4 aromatic heterocycles. The lowest BCUT2D eigenvalue weighted by atomic mass is 9.85. The van der Waals surface area contributed by atoms with Crippen LogP contribution in [0.2, 0.25) is 0 Å². The zero-order chi connectivity index (χ0) is 48.6. The summed E-state index contributed by atoms with van der Waals surface area (Å²) < 4.78 is 6.98. The highest BCUT2D eigenvalue weighted by molar-refractivity contribution is 6.11. The van der Waals surface area contributed by atoms with Crippen molar-refractivity contribution in [2.24, 2.45) is 0 Å². The normalized spacial score (nSPS) is 11.5. The first-order valence-corrected chi connectivity index (χ1v) is 24.4. The van der Waals surface area contributed by atoms with Crippen LogP contribution in [0.25, 0.3) is 127 Å². The predicted octanol–water partition coefficient (Wildman–Crippen LogP) is 16.8. The number of benzene rings is 10. The molecule has 0 saturated carbocycles. The van der Waals surface area contributed by atoms with Crippen molar-refractivity contribution in [1.29, 1.82) is 10.5 Å². The summed E-state index contributed by atoms with van der Waals surface area (Å²) in [6.07, 6.45) is 1.97. The molecule has 4 heterocycles. The topological polar surface area (TPSA) is 75.3 Å². The molecule has 0 atom stereocenters. The summed E-state index contributed by atoms with van der Waals surface area (Å²) in [5.41, 5.74) is 17.8. The van der Waals surface area contributed by atoms with Crippen molar-refractivity contribution in [2.45, 2.75) is 0 Å². The van der Waals surface area contributed by atoms with Gasteiger partial charge in [-0.3, -0.25) is 4.98 Å². The second-order valence-corrected chi connectivity index (χ2v) is 18.5. The lowest BCUT2D eigenvalue weighted by Crippen LogP contribution is -2.00. The van der Waals surface area contributed by atoms with Crippen molar-refractivity contribution in [3.8, 4) is 73.8 Å².